The molecule has 126 valence electrons. The largest absolute Gasteiger partial charge is 0.365 e. The van der Waals surface area contributed by atoms with Crippen LogP contribution in [-0.4, -0.2) is 36.5 Å². The molecule has 0 aromatic heterocycles. The SMILES string of the molecule is Cc1ccc(N2CCN(C(=O)c3ccc(F)cc3Cl)C[C@H]2C)cc1. The molecular formula is C19H20ClFN2O. The zero-order chi connectivity index (χ0) is 17.3. The van der Waals surface area contributed by atoms with Gasteiger partial charge in [0.05, 0.1) is 10.6 Å². The van der Waals surface area contributed by atoms with Crippen LogP contribution in [0.25, 0.3) is 0 Å². The number of rotatable bonds is 2. The number of hydrogen-bond donors (Lipinski definition) is 0. The number of nitrogens with zero attached hydrogens (tertiary/aromatic N) is 2. The van der Waals surface area contributed by atoms with E-state index in [9.17, 15) is 9.18 Å². The molecule has 1 aliphatic heterocycles. The summed E-state index contributed by atoms with van der Waals surface area (Å²) in [5.41, 5.74) is 2.75. The molecule has 0 radical (unpaired) electrons. The fourth-order valence-corrected chi connectivity index (χ4v) is 3.34. The molecule has 0 unspecified atom stereocenters. The second-order valence-corrected chi connectivity index (χ2v) is 6.66. The van der Waals surface area contributed by atoms with Gasteiger partial charge in [-0.05, 0) is 44.2 Å². The minimum atomic E-state index is -0.436. The first-order valence-corrected chi connectivity index (χ1v) is 8.41. The van der Waals surface area contributed by atoms with Gasteiger partial charge in [0.25, 0.3) is 5.91 Å². The Balaban J connectivity index is 1.73. The number of carbonyl (C=O) groups is 1. The minimum Gasteiger partial charge on any atom is -0.365 e. The Morgan fingerprint density at radius 2 is 1.88 bits per heavy atom. The lowest BCUT2D eigenvalue weighted by atomic mass is 10.1. The number of anilines is 1. The molecular weight excluding hydrogens is 327 g/mol. The van der Waals surface area contributed by atoms with Crippen molar-refractivity contribution in [1.82, 2.24) is 4.90 Å². The Morgan fingerprint density at radius 1 is 1.17 bits per heavy atom. The van der Waals surface area contributed by atoms with Gasteiger partial charge in [-0.15, -0.1) is 0 Å². The van der Waals surface area contributed by atoms with Gasteiger partial charge in [0.15, 0.2) is 0 Å². The summed E-state index contributed by atoms with van der Waals surface area (Å²) >= 11 is 6.02. The monoisotopic (exact) mass is 346 g/mol. The Labute approximate surface area is 146 Å². The van der Waals surface area contributed by atoms with E-state index in [0.717, 1.165) is 6.54 Å². The lowest BCUT2D eigenvalue weighted by Crippen LogP contribution is -2.53. The van der Waals surface area contributed by atoms with E-state index in [4.69, 9.17) is 11.6 Å². The standard InChI is InChI=1S/C19H20ClFN2O/c1-13-3-6-16(7-4-13)23-10-9-22(12-14(23)2)19(24)17-8-5-15(21)11-18(17)20/h3-8,11,14H,9-10,12H2,1-2H3/t14-/m1/s1. The first kappa shape index (κ1) is 16.8. The van der Waals surface area contributed by atoms with Crippen molar-refractivity contribution in [3.05, 3.63) is 64.4 Å². The fraction of sp³-hybridized carbons (Fsp3) is 0.316. The lowest BCUT2D eigenvalue weighted by Gasteiger charge is -2.41. The number of aryl methyl sites for hydroxylation is 1. The molecule has 1 fully saturated rings. The van der Waals surface area contributed by atoms with Gasteiger partial charge in [-0.2, -0.15) is 0 Å². The predicted octanol–water partition coefficient (Wildman–Crippen LogP) is 4.14. The second-order valence-electron chi connectivity index (χ2n) is 6.25. The number of amides is 1. The fourth-order valence-electron chi connectivity index (χ4n) is 3.10. The summed E-state index contributed by atoms with van der Waals surface area (Å²) in [6.07, 6.45) is 0. The summed E-state index contributed by atoms with van der Waals surface area (Å²) in [5, 5.41) is 0.161. The van der Waals surface area contributed by atoms with Crippen LogP contribution in [0.15, 0.2) is 42.5 Å². The van der Waals surface area contributed by atoms with Crippen molar-refractivity contribution in [1.29, 1.82) is 0 Å². The van der Waals surface area contributed by atoms with Crippen LogP contribution in [0.3, 0.4) is 0 Å². The van der Waals surface area contributed by atoms with Crippen molar-refractivity contribution in [3.8, 4) is 0 Å². The molecule has 1 atom stereocenters. The number of hydrogen-bond acceptors (Lipinski definition) is 2. The van der Waals surface area contributed by atoms with Crippen molar-refractivity contribution >= 4 is 23.2 Å². The van der Waals surface area contributed by atoms with Crippen LogP contribution in [0.5, 0.6) is 0 Å². The normalized spacial score (nSPS) is 17.9. The van der Waals surface area contributed by atoms with Gasteiger partial charge in [-0.25, -0.2) is 4.39 Å². The molecule has 2 aromatic carbocycles. The third kappa shape index (κ3) is 3.39. The quantitative estimate of drug-likeness (QED) is 0.816. The van der Waals surface area contributed by atoms with Crippen molar-refractivity contribution in [2.24, 2.45) is 0 Å². The molecule has 0 N–H and O–H groups in total. The highest BCUT2D eigenvalue weighted by Crippen LogP contribution is 2.24. The van der Waals surface area contributed by atoms with Gasteiger partial charge >= 0.3 is 0 Å². The topological polar surface area (TPSA) is 23.6 Å². The molecule has 0 spiro atoms. The van der Waals surface area contributed by atoms with Gasteiger partial charge in [0.2, 0.25) is 0 Å². The highest BCUT2D eigenvalue weighted by molar-refractivity contribution is 6.33. The molecule has 24 heavy (non-hydrogen) atoms. The van der Waals surface area contributed by atoms with Gasteiger partial charge in [0, 0.05) is 31.4 Å². The van der Waals surface area contributed by atoms with E-state index in [0.29, 0.717) is 18.7 Å². The van der Waals surface area contributed by atoms with Gasteiger partial charge in [-0.3, -0.25) is 4.79 Å². The maximum absolute atomic E-state index is 13.2. The average Bonchev–Trinajstić information content (AvgIpc) is 2.55. The molecule has 2 aromatic rings. The molecule has 0 bridgehead atoms. The van der Waals surface area contributed by atoms with Crippen LogP contribution >= 0.6 is 11.6 Å². The van der Waals surface area contributed by atoms with Crippen molar-refractivity contribution in [2.75, 3.05) is 24.5 Å². The van der Waals surface area contributed by atoms with Gasteiger partial charge in [0.1, 0.15) is 5.82 Å². The van der Waals surface area contributed by atoms with Crippen LogP contribution in [0, 0.1) is 12.7 Å². The van der Waals surface area contributed by atoms with E-state index in [2.05, 4.69) is 43.0 Å². The Bertz CT molecular complexity index is 748. The van der Waals surface area contributed by atoms with Crippen LogP contribution < -0.4 is 4.90 Å². The molecule has 1 saturated heterocycles. The average molecular weight is 347 g/mol. The molecule has 0 aliphatic carbocycles. The van der Waals surface area contributed by atoms with Crippen LogP contribution in [-0.2, 0) is 0 Å². The number of carbonyl (C=O) groups excluding carboxylic acids is 1. The van der Waals surface area contributed by atoms with E-state index in [-0.39, 0.29) is 17.0 Å². The molecule has 1 heterocycles. The summed E-state index contributed by atoms with van der Waals surface area (Å²) in [4.78, 5) is 16.8. The van der Waals surface area contributed by atoms with Crippen LogP contribution in [0.2, 0.25) is 5.02 Å². The Kier molecular flexibility index (Phi) is 4.76. The summed E-state index contributed by atoms with van der Waals surface area (Å²) in [6.45, 7) is 6.15. The summed E-state index contributed by atoms with van der Waals surface area (Å²) < 4.78 is 13.2. The summed E-state index contributed by atoms with van der Waals surface area (Å²) in [5.74, 6) is -0.579. The van der Waals surface area contributed by atoms with Crippen molar-refractivity contribution < 1.29 is 9.18 Å². The lowest BCUT2D eigenvalue weighted by molar-refractivity contribution is 0.0726. The second kappa shape index (κ2) is 6.81. The maximum Gasteiger partial charge on any atom is 0.255 e. The van der Waals surface area contributed by atoms with E-state index >= 15 is 0 Å². The molecule has 0 saturated carbocycles. The highest BCUT2D eigenvalue weighted by Gasteiger charge is 2.28. The predicted molar refractivity (Wildman–Crippen MR) is 95.3 cm³/mol. The zero-order valence-electron chi connectivity index (χ0n) is 13.8. The van der Waals surface area contributed by atoms with E-state index in [1.165, 1.54) is 29.4 Å². The molecule has 3 rings (SSSR count). The molecule has 5 heteroatoms. The summed E-state index contributed by atoms with van der Waals surface area (Å²) in [6, 6.07) is 12.5. The zero-order valence-corrected chi connectivity index (χ0v) is 14.6. The van der Waals surface area contributed by atoms with Crippen molar-refractivity contribution in [2.45, 2.75) is 19.9 Å². The maximum atomic E-state index is 13.2. The Hall–Kier alpha value is -2.07. The van der Waals surface area contributed by atoms with Crippen LogP contribution in [0.1, 0.15) is 22.8 Å². The number of piperazine rings is 1. The molecule has 1 aliphatic rings. The van der Waals surface area contributed by atoms with Gasteiger partial charge in [-0.1, -0.05) is 29.3 Å². The van der Waals surface area contributed by atoms with E-state index in [1.807, 2.05) is 0 Å². The summed E-state index contributed by atoms with van der Waals surface area (Å²) in [7, 11) is 0. The van der Waals surface area contributed by atoms with E-state index < -0.39 is 5.82 Å². The molecule has 1 amide bonds. The van der Waals surface area contributed by atoms with Gasteiger partial charge < -0.3 is 9.80 Å². The van der Waals surface area contributed by atoms with Crippen LogP contribution in [0.4, 0.5) is 10.1 Å². The minimum absolute atomic E-state index is 0.143. The smallest absolute Gasteiger partial charge is 0.255 e. The first-order valence-electron chi connectivity index (χ1n) is 8.03. The van der Waals surface area contributed by atoms with E-state index in [1.54, 1.807) is 4.90 Å². The number of halogens is 2. The number of benzene rings is 2. The highest BCUT2D eigenvalue weighted by atomic mass is 35.5. The molecule has 3 nitrogen and oxygen atoms in total. The third-order valence-corrected chi connectivity index (χ3v) is 4.75. The first-order chi connectivity index (χ1) is 11.5. The van der Waals surface area contributed by atoms with Crippen molar-refractivity contribution in [3.63, 3.8) is 0 Å². The third-order valence-electron chi connectivity index (χ3n) is 4.44. The Morgan fingerprint density at radius 3 is 2.50 bits per heavy atom.